The highest BCUT2D eigenvalue weighted by atomic mass is 35.5. The minimum Gasteiger partial charge on any atom is -0.435 e. The number of halogens is 1. The molecule has 16 rings (SSSR count). The maximum atomic E-state index is 6.41. The molecule has 0 bridgehead atoms. The minimum absolute atomic E-state index is 0.0759. The quantitative estimate of drug-likeness (QED) is 0.159. The van der Waals surface area contributed by atoms with Gasteiger partial charge < -0.3 is 13.7 Å². The highest BCUT2D eigenvalue weighted by Crippen LogP contribution is 2.52. The maximum Gasteiger partial charge on any atom is 0.227 e. The summed E-state index contributed by atoms with van der Waals surface area (Å²) in [5, 5.41) is 4.95. The first-order chi connectivity index (χ1) is 40.5. The molecule has 0 amide bonds. The third-order valence-electron chi connectivity index (χ3n) is 16.7. The van der Waals surface area contributed by atoms with Crippen molar-refractivity contribution < 1.29 is 8.83 Å². The summed E-state index contributed by atoms with van der Waals surface area (Å²) in [5.74, 6) is 1.27. The first kappa shape index (κ1) is 51.3. The lowest BCUT2D eigenvalue weighted by atomic mass is 9.81. The van der Waals surface area contributed by atoms with Crippen molar-refractivity contribution in [2.45, 2.75) is 44.9 Å². The zero-order chi connectivity index (χ0) is 56.2. The van der Waals surface area contributed by atoms with Crippen molar-refractivity contribution >= 4 is 72.4 Å². The summed E-state index contributed by atoms with van der Waals surface area (Å²) in [7, 11) is 0. The third kappa shape index (κ3) is 9.43. The van der Waals surface area contributed by atoms with Crippen LogP contribution in [0.2, 0.25) is 5.02 Å². The molecule has 12 aromatic carbocycles. The van der Waals surface area contributed by atoms with Gasteiger partial charge in [0.2, 0.25) is 11.8 Å². The van der Waals surface area contributed by atoms with E-state index in [1.807, 2.05) is 97.1 Å². The Hall–Kier alpha value is -9.81. The van der Waals surface area contributed by atoms with Crippen LogP contribution in [0.15, 0.2) is 276 Å². The van der Waals surface area contributed by atoms with Crippen LogP contribution in [0.4, 0.5) is 17.1 Å². The molecule has 0 aliphatic heterocycles. The Balaban J connectivity index is 0.000000123. The number of rotatable bonds is 7. The van der Waals surface area contributed by atoms with Crippen LogP contribution in [0.25, 0.3) is 88.9 Å². The van der Waals surface area contributed by atoms with E-state index in [2.05, 4.69) is 207 Å². The second kappa shape index (κ2) is 20.9. The summed E-state index contributed by atoms with van der Waals surface area (Å²) in [5.41, 5.74) is 22.4. The molecule has 83 heavy (non-hydrogen) atoms. The average molecular weight is 1090 g/mol. The minimum atomic E-state index is -0.0759. The number of fused-ring (bicyclic) bond motifs is 12. The Bertz CT molecular complexity index is 4720. The second-order valence-electron chi connectivity index (χ2n) is 22.7. The van der Waals surface area contributed by atoms with Crippen molar-refractivity contribution in [3.63, 3.8) is 0 Å². The molecule has 2 heterocycles. The van der Waals surface area contributed by atoms with E-state index in [0.29, 0.717) is 16.8 Å². The van der Waals surface area contributed by atoms with Gasteiger partial charge in [0, 0.05) is 54.8 Å². The summed E-state index contributed by atoms with van der Waals surface area (Å²) >= 11 is 6.08. The van der Waals surface area contributed by atoms with E-state index in [9.17, 15) is 0 Å². The van der Waals surface area contributed by atoms with Gasteiger partial charge in [-0.15, -0.1) is 0 Å². The molecule has 2 aliphatic carbocycles. The van der Waals surface area contributed by atoms with Gasteiger partial charge in [0.25, 0.3) is 0 Å². The molecule has 0 unspecified atom stereocenters. The first-order valence-corrected chi connectivity index (χ1v) is 28.7. The monoisotopic (exact) mass is 1090 g/mol. The topological polar surface area (TPSA) is 55.3 Å². The van der Waals surface area contributed by atoms with Gasteiger partial charge in [-0.3, -0.25) is 0 Å². The van der Waals surface area contributed by atoms with Crippen molar-refractivity contribution in [3.8, 4) is 45.2 Å². The Morgan fingerprint density at radius 1 is 0.361 bits per heavy atom. The standard InChI is InChI=1S/C38H28N2O.C22H20.C17H10ClNO/c1-38(2)33-16-10-9-15-30(33)31-21-20-29(24-34(31)38)40(27-13-7-4-8-14-27)28-19-17-25-18-22-35-36(32(25)23-28)41-37(39-35)26-11-5-3-6-12-26;1-22(2)20-11-7-6-10-18(20)19-13-12-17(15-21(19)22)14-16-8-4-3-5-9-16;18-13-8-6-11-7-9-15-16(14(11)10-13)20-17(19-15)12-4-2-1-3-5-12/h3-24H,1-2H3;3-13,15H,14H2,1-2H3;1-10H. The summed E-state index contributed by atoms with van der Waals surface area (Å²) in [6, 6.07) is 93.3. The normalized spacial score (nSPS) is 13.1. The SMILES string of the molecule is CC1(C)c2ccccc2-c2ccc(Cc3ccccc3)cc21.CC1(C)c2ccccc2-c2ccc(N(c3ccccc3)c3ccc4ccc5nc(-c6ccccc6)oc5c4c3)cc21.Clc1ccc2ccc3nc(-c4ccccc4)oc3c2c1. The van der Waals surface area contributed by atoms with E-state index in [4.69, 9.17) is 25.4 Å². The van der Waals surface area contributed by atoms with E-state index in [0.717, 1.165) is 78.4 Å². The van der Waals surface area contributed by atoms with E-state index in [1.165, 1.54) is 55.6 Å². The second-order valence-corrected chi connectivity index (χ2v) is 23.1. The molecule has 5 nitrogen and oxygen atoms in total. The largest absolute Gasteiger partial charge is 0.435 e. The van der Waals surface area contributed by atoms with E-state index < -0.39 is 0 Å². The fourth-order valence-corrected chi connectivity index (χ4v) is 12.6. The van der Waals surface area contributed by atoms with Gasteiger partial charge >= 0.3 is 0 Å². The van der Waals surface area contributed by atoms with E-state index in [1.54, 1.807) is 0 Å². The summed E-state index contributed by atoms with van der Waals surface area (Å²) in [6.45, 7) is 9.33. The lowest BCUT2D eigenvalue weighted by molar-refractivity contribution is 0.622. The fraction of sp³-hybridized carbons (Fsp3) is 0.0909. The van der Waals surface area contributed by atoms with Gasteiger partial charge in [-0.1, -0.05) is 221 Å². The molecule has 0 saturated heterocycles. The zero-order valence-corrected chi connectivity index (χ0v) is 47.4. The van der Waals surface area contributed by atoms with Gasteiger partial charge in [0.05, 0.1) is 0 Å². The number of nitrogens with zero attached hydrogens (tertiary/aromatic N) is 3. The molecule has 0 radical (unpaired) electrons. The van der Waals surface area contributed by atoms with Crippen molar-refractivity contribution in [2.24, 2.45) is 0 Å². The summed E-state index contributed by atoms with van der Waals surface area (Å²) < 4.78 is 12.4. The van der Waals surface area contributed by atoms with Crippen LogP contribution in [0.5, 0.6) is 0 Å². The number of anilines is 3. The molecule has 400 valence electrons. The Morgan fingerprint density at radius 2 is 0.795 bits per heavy atom. The average Bonchev–Trinajstić information content (AvgIpc) is 2.54. The smallest absolute Gasteiger partial charge is 0.227 e. The van der Waals surface area contributed by atoms with Gasteiger partial charge in [-0.2, -0.15) is 0 Å². The number of hydrogen-bond donors (Lipinski definition) is 0. The molecule has 2 aliphatic rings. The lowest BCUT2D eigenvalue weighted by Gasteiger charge is -2.28. The van der Waals surface area contributed by atoms with Crippen molar-refractivity contribution in [3.05, 3.63) is 305 Å². The maximum absolute atomic E-state index is 6.41. The highest BCUT2D eigenvalue weighted by Gasteiger charge is 2.37. The molecule has 0 N–H and O–H groups in total. The number of aromatic nitrogens is 2. The molecule has 0 saturated carbocycles. The van der Waals surface area contributed by atoms with Crippen LogP contribution in [-0.4, -0.2) is 9.97 Å². The molecule has 6 heteroatoms. The predicted octanol–water partition coefficient (Wildman–Crippen LogP) is 21.3. The van der Waals surface area contributed by atoms with Crippen molar-refractivity contribution in [1.82, 2.24) is 9.97 Å². The lowest BCUT2D eigenvalue weighted by Crippen LogP contribution is -2.16. The number of oxazole rings is 2. The Kier molecular flexibility index (Phi) is 13.0. The number of benzene rings is 12. The van der Waals surface area contributed by atoms with Gasteiger partial charge in [-0.25, -0.2) is 9.97 Å². The van der Waals surface area contributed by atoms with Crippen molar-refractivity contribution in [2.75, 3.05) is 4.90 Å². The first-order valence-electron chi connectivity index (χ1n) is 28.3. The third-order valence-corrected chi connectivity index (χ3v) is 17.0. The van der Waals surface area contributed by atoms with Crippen LogP contribution in [0, 0.1) is 0 Å². The zero-order valence-electron chi connectivity index (χ0n) is 46.6. The van der Waals surface area contributed by atoms with Crippen LogP contribution in [-0.2, 0) is 17.3 Å². The summed E-state index contributed by atoms with van der Waals surface area (Å²) in [4.78, 5) is 11.7. The number of para-hydroxylation sites is 1. The molecule has 2 aromatic heterocycles. The van der Waals surface area contributed by atoms with E-state index in [-0.39, 0.29) is 10.8 Å². The molecular formula is C77H58ClN3O2. The molecule has 0 fully saturated rings. The molecule has 0 spiro atoms. The molecular weight excluding hydrogens is 1030 g/mol. The van der Waals surface area contributed by atoms with Crippen LogP contribution < -0.4 is 4.90 Å². The fourth-order valence-electron chi connectivity index (χ4n) is 12.5. The number of hydrogen-bond acceptors (Lipinski definition) is 5. The Labute approximate surface area is 488 Å². The van der Waals surface area contributed by atoms with E-state index >= 15 is 0 Å². The van der Waals surface area contributed by atoms with Gasteiger partial charge in [-0.05, 0) is 158 Å². The highest BCUT2D eigenvalue weighted by molar-refractivity contribution is 6.31. The van der Waals surface area contributed by atoms with Crippen molar-refractivity contribution in [1.29, 1.82) is 0 Å². The van der Waals surface area contributed by atoms with Gasteiger partial charge in [0.15, 0.2) is 11.2 Å². The van der Waals surface area contributed by atoms with Crippen LogP contribution >= 0.6 is 11.6 Å². The Morgan fingerprint density at radius 3 is 1.37 bits per heavy atom. The predicted molar refractivity (Wildman–Crippen MR) is 344 cm³/mol. The van der Waals surface area contributed by atoms with Crippen LogP contribution in [0.3, 0.4) is 0 Å². The molecule has 0 atom stereocenters. The summed E-state index contributed by atoms with van der Waals surface area (Å²) in [6.07, 6.45) is 1.00. The van der Waals surface area contributed by atoms with Crippen LogP contribution in [0.1, 0.15) is 61.1 Å². The molecule has 14 aromatic rings. The van der Waals surface area contributed by atoms with Gasteiger partial charge in [0.1, 0.15) is 11.0 Å².